The smallest absolute Gasteiger partial charge is 0.221 e. The maximum Gasteiger partial charge on any atom is 0.221 e. The van der Waals surface area contributed by atoms with Gasteiger partial charge >= 0.3 is 0 Å². The Hall–Kier alpha value is -1.48. The Morgan fingerprint density at radius 1 is 1.47 bits per heavy atom. The summed E-state index contributed by atoms with van der Waals surface area (Å²) in [7, 11) is 1.79. The summed E-state index contributed by atoms with van der Waals surface area (Å²) in [6, 6.07) is 3.48. The molecule has 0 saturated heterocycles. The molecule has 15 heavy (non-hydrogen) atoms. The normalized spacial score (nSPS) is 9.53. The summed E-state index contributed by atoms with van der Waals surface area (Å²) in [5.41, 5.74) is 2.33. The second-order valence-corrected chi connectivity index (χ2v) is 3.49. The van der Waals surface area contributed by atoms with Crippen LogP contribution in [0.4, 0.5) is 11.4 Å². The number of anilines is 2. The summed E-state index contributed by atoms with van der Waals surface area (Å²) in [6.45, 7) is 5.15. The van der Waals surface area contributed by atoms with E-state index in [9.17, 15) is 4.79 Å². The largest absolute Gasteiger partial charge is 0.388 e. The lowest BCUT2D eigenvalue weighted by atomic mass is 10.1. The van der Waals surface area contributed by atoms with Gasteiger partial charge in [-0.15, -0.1) is 0 Å². The van der Waals surface area contributed by atoms with Crippen LogP contribution in [0.25, 0.3) is 6.08 Å². The van der Waals surface area contributed by atoms with Gasteiger partial charge in [-0.3, -0.25) is 4.79 Å². The summed E-state index contributed by atoms with van der Waals surface area (Å²) < 4.78 is 0. The number of nitrogens with one attached hydrogen (secondary N) is 2. The fourth-order valence-corrected chi connectivity index (χ4v) is 1.56. The Morgan fingerprint density at radius 3 is 2.53 bits per heavy atom. The van der Waals surface area contributed by atoms with Crippen molar-refractivity contribution in [1.29, 1.82) is 0 Å². The number of halogens is 1. The van der Waals surface area contributed by atoms with E-state index >= 15 is 0 Å². The molecule has 0 heterocycles. The van der Waals surface area contributed by atoms with Crippen molar-refractivity contribution in [2.45, 2.75) is 6.92 Å². The van der Waals surface area contributed by atoms with E-state index in [1.54, 1.807) is 25.3 Å². The van der Waals surface area contributed by atoms with Crippen molar-refractivity contribution in [3.05, 3.63) is 29.3 Å². The summed E-state index contributed by atoms with van der Waals surface area (Å²) in [4.78, 5) is 11.0. The number of amides is 1. The molecule has 3 nitrogen and oxygen atoms in total. The van der Waals surface area contributed by atoms with Crippen LogP contribution in [0.2, 0.25) is 5.02 Å². The first-order valence-corrected chi connectivity index (χ1v) is 4.87. The van der Waals surface area contributed by atoms with E-state index in [0.717, 1.165) is 11.3 Å². The van der Waals surface area contributed by atoms with E-state index < -0.39 is 0 Å². The highest BCUT2D eigenvalue weighted by atomic mass is 35.5. The Morgan fingerprint density at radius 2 is 2.07 bits per heavy atom. The van der Waals surface area contributed by atoms with E-state index in [1.165, 1.54) is 6.92 Å². The summed E-state index contributed by atoms with van der Waals surface area (Å²) in [5.74, 6) is -0.137. The molecule has 0 spiro atoms. The molecule has 2 N–H and O–H groups in total. The molecule has 0 aliphatic carbocycles. The van der Waals surface area contributed by atoms with E-state index in [4.69, 9.17) is 11.6 Å². The number of rotatable bonds is 3. The maximum atomic E-state index is 11.0. The molecule has 0 radical (unpaired) electrons. The molecular weight excluding hydrogens is 212 g/mol. The zero-order chi connectivity index (χ0) is 11.4. The van der Waals surface area contributed by atoms with Crippen LogP contribution < -0.4 is 10.6 Å². The molecule has 0 aliphatic heterocycles. The lowest BCUT2D eigenvalue weighted by Crippen LogP contribution is -2.08. The van der Waals surface area contributed by atoms with Crippen molar-refractivity contribution in [2.75, 3.05) is 17.7 Å². The van der Waals surface area contributed by atoms with Gasteiger partial charge in [-0.25, -0.2) is 0 Å². The van der Waals surface area contributed by atoms with Crippen LogP contribution in [0, 0.1) is 0 Å². The van der Waals surface area contributed by atoms with Gasteiger partial charge < -0.3 is 10.6 Å². The third-order valence-electron chi connectivity index (χ3n) is 1.93. The predicted molar refractivity (Wildman–Crippen MR) is 65.4 cm³/mol. The maximum absolute atomic E-state index is 11.0. The van der Waals surface area contributed by atoms with Crippen molar-refractivity contribution in [3.63, 3.8) is 0 Å². The van der Waals surface area contributed by atoms with Gasteiger partial charge in [-0.1, -0.05) is 24.3 Å². The average molecular weight is 225 g/mol. The van der Waals surface area contributed by atoms with Gasteiger partial charge in [-0.05, 0) is 12.1 Å². The first-order chi connectivity index (χ1) is 7.08. The molecule has 1 rings (SSSR count). The summed E-state index contributed by atoms with van der Waals surface area (Å²) in [5, 5.41) is 6.26. The number of carbonyl (C=O) groups excluding carboxylic acids is 1. The first kappa shape index (κ1) is 11.6. The van der Waals surface area contributed by atoms with Crippen molar-refractivity contribution in [1.82, 2.24) is 0 Å². The summed E-state index contributed by atoms with van der Waals surface area (Å²) in [6.07, 6.45) is 1.67. The van der Waals surface area contributed by atoms with Crippen LogP contribution in [0.5, 0.6) is 0 Å². The number of hydrogen-bond acceptors (Lipinski definition) is 2. The predicted octanol–water partition coefficient (Wildman–Crippen LogP) is 2.98. The molecule has 0 atom stereocenters. The number of carbonyl (C=O) groups is 1. The number of benzene rings is 1. The van der Waals surface area contributed by atoms with Crippen LogP contribution in [0.3, 0.4) is 0 Å². The van der Waals surface area contributed by atoms with Gasteiger partial charge in [0.1, 0.15) is 0 Å². The molecule has 0 unspecified atom stereocenters. The SMILES string of the molecule is C=Cc1c(NC)cc(Cl)cc1NC(C)=O. The van der Waals surface area contributed by atoms with Gasteiger partial charge in [0.25, 0.3) is 0 Å². The minimum atomic E-state index is -0.137. The Labute approximate surface area is 94.1 Å². The van der Waals surface area contributed by atoms with Crippen LogP contribution in [-0.2, 0) is 4.79 Å². The topological polar surface area (TPSA) is 41.1 Å². The quantitative estimate of drug-likeness (QED) is 0.829. The van der Waals surface area contributed by atoms with Gasteiger partial charge in [0.05, 0.1) is 5.69 Å². The zero-order valence-electron chi connectivity index (χ0n) is 8.73. The molecule has 0 saturated carbocycles. The van der Waals surface area contributed by atoms with Crippen LogP contribution in [0.1, 0.15) is 12.5 Å². The lowest BCUT2D eigenvalue weighted by Gasteiger charge is -2.12. The van der Waals surface area contributed by atoms with Gasteiger partial charge in [0.15, 0.2) is 0 Å². The highest BCUT2D eigenvalue weighted by Crippen LogP contribution is 2.30. The van der Waals surface area contributed by atoms with Crippen LogP contribution in [0.15, 0.2) is 18.7 Å². The second-order valence-electron chi connectivity index (χ2n) is 3.05. The molecule has 4 heteroatoms. The summed E-state index contributed by atoms with van der Waals surface area (Å²) >= 11 is 5.92. The Kier molecular flexibility index (Phi) is 3.74. The van der Waals surface area contributed by atoms with E-state index in [1.807, 2.05) is 0 Å². The van der Waals surface area contributed by atoms with Crippen LogP contribution in [-0.4, -0.2) is 13.0 Å². The minimum absolute atomic E-state index is 0.137. The van der Waals surface area contributed by atoms with Crippen molar-refractivity contribution >= 4 is 35.0 Å². The molecule has 0 aliphatic rings. The van der Waals surface area contributed by atoms with Crippen molar-refractivity contribution < 1.29 is 4.79 Å². The molecule has 80 valence electrons. The minimum Gasteiger partial charge on any atom is -0.388 e. The van der Waals surface area contributed by atoms with Gasteiger partial charge in [-0.2, -0.15) is 0 Å². The van der Waals surface area contributed by atoms with E-state index in [2.05, 4.69) is 17.2 Å². The molecule has 1 aromatic rings. The molecule has 1 amide bonds. The van der Waals surface area contributed by atoms with E-state index in [0.29, 0.717) is 10.7 Å². The van der Waals surface area contributed by atoms with E-state index in [-0.39, 0.29) is 5.91 Å². The van der Waals surface area contributed by atoms with Gasteiger partial charge in [0, 0.05) is 30.2 Å². The van der Waals surface area contributed by atoms with Crippen molar-refractivity contribution in [2.24, 2.45) is 0 Å². The molecule has 0 fully saturated rings. The monoisotopic (exact) mass is 224 g/mol. The second kappa shape index (κ2) is 4.84. The standard InChI is InChI=1S/C11H13ClN2O/c1-4-9-10(13-3)5-8(12)6-11(9)14-7(2)15/h4-6,13H,1H2,2-3H3,(H,14,15). The highest BCUT2D eigenvalue weighted by molar-refractivity contribution is 6.31. The Bertz CT molecular complexity index is 402. The molecule has 1 aromatic carbocycles. The molecule has 0 aromatic heterocycles. The zero-order valence-corrected chi connectivity index (χ0v) is 9.48. The fraction of sp³-hybridized carbons (Fsp3) is 0.182. The van der Waals surface area contributed by atoms with Crippen molar-refractivity contribution in [3.8, 4) is 0 Å². The third-order valence-corrected chi connectivity index (χ3v) is 2.15. The van der Waals surface area contributed by atoms with Crippen LogP contribution >= 0.6 is 11.6 Å². The Balaban J connectivity index is 3.28. The highest BCUT2D eigenvalue weighted by Gasteiger charge is 2.07. The fourth-order valence-electron chi connectivity index (χ4n) is 1.34. The molecular formula is C11H13ClN2O. The molecule has 0 bridgehead atoms. The van der Waals surface area contributed by atoms with Gasteiger partial charge in [0.2, 0.25) is 5.91 Å². The average Bonchev–Trinajstić information content (AvgIpc) is 2.15. The third kappa shape index (κ3) is 2.73. The lowest BCUT2D eigenvalue weighted by molar-refractivity contribution is -0.114. The number of hydrogen-bond donors (Lipinski definition) is 2. The first-order valence-electron chi connectivity index (χ1n) is 4.49.